The van der Waals surface area contributed by atoms with E-state index in [0.29, 0.717) is 47.5 Å². The first kappa shape index (κ1) is 24.2. The fourth-order valence-electron chi connectivity index (χ4n) is 4.47. The van der Waals surface area contributed by atoms with Crippen molar-refractivity contribution in [2.45, 2.75) is 45.3 Å². The summed E-state index contributed by atoms with van der Waals surface area (Å²) in [7, 11) is 0. The van der Waals surface area contributed by atoms with Crippen LogP contribution in [0.1, 0.15) is 32.8 Å². The van der Waals surface area contributed by atoms with E-state index in [4.69, 9.17) is 23.2 Å². The minimum atomic E-state index is -0.924. The van der Waals surface area contributed by atoms with Crippen LogP contribution in [0.25, 0.3) is 0 Å². The van der Waals surface area contributed by atoms with Crippen LogP contribution >= 0.6 is 23.2 Å². The highest BCUT2D eigenvalue weighted by Crippen LogP contribution is 2.35. The van der Waals surface area contributed by atoms with Crippen molar-refractivity contribution in [3.63, 3.8) is 0 Å². The molecule has 10 heteroatoms. The van der Waals surface area contributed by atoms with E-state index in [1.54, 1.807) is 35.3 Å². The molecule has 1 fully saturated rings. The number of rotatable bonds is 4. The third-order valence-electron chi connectivity index (χ3n) is 5.95. The van der Waals surface area contributed by atoms with Gasteiger partial charge < -0.3 is 20.2 Å². The van der Waals surface area contributed by atoms with Gasteiger partial charge in [0.15, 0.2) is 0 Å². The molecule has 34 heavy (non-hydrogen) atoms. The van der Waals surface area contributed by atoms with Gasteiger partial charge in [0.1, 0.15) is 5.70 Å². The number of nitrogens with zero attached hydrogens (tertiary/aromatic N) is 4. The molecule has 1 saturated heterocycles. The summed E-state index contributed by atoms with van der Waals surface area (Å²) in [5.74, 6) is -0.236. The molecule has 2 N–H and O–H groups in total. The van der Waals surface area contributed by atoms with Crippen LogP contribution in [-0.2, 0) is 11.3 Å². The second kappa shape index (κ2) is 9.35. The van der Waals surface area contributed by atoms with Gasteiger partial charge in [-0.3, -0.25) is 9.48 Å². The molecule has 0 spiro atoms. The van der Waals surface area contributed by atoms with E-state index < -0.39 is 6.09 Å². The topological polar surface area (TPSA) is 90.7 Å². The molecule has 0 saturated carbocycles. The largest absolute Gasteiger partial charge is 0.465 e. The van der Waals surface area contributed by atoms with Gasteiger partial charge in [0.25, 0.3) is 5.91 Å². The Balaban J connectivity index is 1.51. The summed E-state index contributed by atoms with van der Waals surface area (Å²) in [5, 5.41) is 17.6. The molecule has 8 nitrogen and oxygen atoms in total. The number of halogens is 2. The molecule has 2 aromatic rings. The Bertz CT molecular complexity index is 1180. The standard InChI is InChI=1S/C24H27Cl2N5O3/c1-24(2,3)31-20-8-9-29(23(33)34)13-16(20)5-7-21(31)22(32)28-17-11-27-30(14-17)12-15-4-6-18(25)19(26)10-15/h4-7,10-11,14,20H,8-9,12-13H2,1-3H3,(H,28,32)(H,33,34). The number of nitrogens with one attached hydrogen (secondary N) is 1. The molecule has 180 valence electrons. The first-order valence-electron chi connectivity index (χ1n) is 11.0. The number of piperidine rings is 1. The number of likely N-dealkylation sites (tertiary alicyclic amines) is 1. The average molecular weight is 504 g/mol. The summed E-state index contributed by atoms with van der Waals surface area (Å²) in [5.41, 5.74) is 2.72. The number of anilines is 1. The Morgan fingerprint density at radius 3 is 2.65 bits per heavy atom. The van der Waals surface area contributed by atoms with E-state index in [9.17, 15) is 14.7 Å². The van der Waals surface area contributed by atoms with Gasteiger partial charge in [0, 0.05) is 24.8 Å². The van der Waals surface area contributed by atoms with Crippen molar-refractivity contribution in [2.75, 3.05) is 18.4 Å². The molecule has 3 heterocycles. The van der Waals surface area contributed by atoms with Crippen LogP contribution < -0.4 is 5.32 Å². The molecular formula is C24H27Cl2N5O3. The van der Waals surface area contributed by atoms with E-state index in [2.05, 4.69) is 36.1 Å². The minimum absolute atomic E-state index is 0.0290. The minimum Gasteiger partial charge on any atom is -0.465 e. The Labute approximate surface area is 208 Å². The van der Waals surface area contributed by atoms with Gasteiger partial charge in [0.2, 0.25) is 0 Å². The van der Waals surface area contributed by atoms with Crippen LogP contribution in [0.3, 0.4) is 0 Å². The highest BCUT2D eigenvalue weighted by molar-refractivity contribution is 6.42. The highest BCUT2D eigenvalue weighted by Gasteiger charge is 2.40. The smallest absolute Gasteiger partial charge is 0.407 e. The number of amides is 2. The molecule has 1 aromatic carbocycles. The van der Waals surface area contributed by atoms with Crippen molar-refractivity contribution in [2.24, 2.45) is 0 Å². The van der Waals surface area contributed by atoms with Crippen molar-refractivity contribution in [3.05, 3.63) is 69.6 Å². The van der Waals surface area contributed by atoms with Crippen molar-refractivity contribution in [1.29, 1.82) is 0 Å². The Morgan fingerprint density at radius 1 is 1.21 bits per heavy atom. The maximum Gasteiger partial charge on any atom is 0.407 e. The molecule has 2 aliphatic rings. The molecular weight excluding hydrogens is 477 g/mol. The first-order chi connectivity index (χ1) is 16.0. The third kappa shape index (κ3) is 5.08. The van der Waals surface area contributed by atoms with E-state index >= 15 is 0 Å². The van der Waals surface area contributed by atoms with Crippen LogP contribution in [0.2, 0.25) is 10.0 Å². The monoisotopic (exact) mass is 503 g/mol. The van der Waals surface area contributed by atoms with E-state index in [0.717, 1.165) is 11.1 Å². The van der Waals surface area contributed by atoms with Gasteiger partial charge in [-0.2, -0.15) is 5.10 Å². The number of carbonyl (C=O) groups is 2. The number of benzene rings is 1. The highest BCUT2D eigenvalue weighted by atomic mass is 35.5. The van der Waals surface area contributed by atoms with Gasteiger partial charge in [-0.1, -0.05) is 35.3 Å². The predicted octanol–water partition coefficient (Wildman–Crippen LogP) is 4.85. The molecule has 0 aliphatic carbocycles. The van der Waals surface area contributed by atoms with Crippen LogP contribution in [0.4, 0.5) is 10.5 Å². The molecule has 1 atom stereocenters. The van der Waals surface area contributed by atoms with Crippen molar-refractivity contribution in [1.82, 2.24) is 19.6 Å². The van der Waals surface area contributed by atoms with E-state index in [1.807, 2.05) is 12.1 Å². The molecule has 4 rings (SSSR count). The van der Waals surface area contributed by atoms with E-state index in [-0.39, 0.29) is 17.5 Å². The maximum atomic E-state index is 13.3. The number of carbonyl (C=O) groups excluding carboxylic acids is 1. The second-order valence-corrected chi connectivity index (χ2v) is 10.3. The van der Waals surface area contributed by atoms with Gasteiger partial charge >= 0.3 is 6.09 Å². The quantitative estimate of drug-likeness (QED) is 0.621. The lowest BCUT2D eigenvalue weighted by Crippen LogP contribution is -2.56. The predicted molar refractivity (Wildman–Crippen MR) is 132 cm³/mol. The SMILES string of the molecule is CC(C)(C)N1C(C(=O)Nc2cnn(Cc3ccc(Cl)c(Cl)c3)c2)=CC=C2CN(C(=O)O)CCC21. The Kier molecular flexibility index (Phi) is 6.64. The zero-order valence-electron chi connectivity index (χ0n) is 19.3. The van der Waals surface area contributed by atoms with Gasteiger partial charge in [-0.25, -0.2) is 4.79 Å². The summed E-state index contributed by atoms with van der Waals surface area (Å²) >= 11 is 12.1. The summed E-state index contributed by atoms with van der Waals surface area (Å²) < 4.78 is 1.71. The Morgan fingerprint density at radius 2 is 1.97 bits per heavy atom. The molecule has 1 unspecified atom stereocenters. The zero-order valence-corrected chi connectivity index (χ0v) is 20.8. The third-order valence-corrected chi connectivity index (χ3v) is 6.68. The summed E-state index contributed by atoms with van der Waals surface area (Å²) in [6, 6.07) is 5.38. The zero-order chi connectivity index (χ0) is 24.6. The molecule has 0 radical (unpaired) electrons. The van der Waals surface area contributed by atoms with Crippen molar-refractivity contribution < 1.29 is 14.7 Å². The van der Waals surface area contributed by atoms with Crippen LogP contribution in [0, 0.1) is 0 Å². The number of hydrogen-bond acceptors (Lipinski definition) is 4. The fraction of sp³-hybridized carbons (Fsp3) is 0.375. The molecule has 0 bridgehead atoms. The second-order valence-electron chi connectivity index (χ2n) is 9.47. The van der Waals surface area contributed by atoms with Crippen LogP contribution in [0.15, 0.2) is 54.0 Å². The van der Waals surface area contributed by atoms with Gasteiger partial charge in [0.05, 0.1) is 34.5 Å². The molecule has 1 aromatic heterocycles. The summed E-state index contributed by atoms with van der Waals surface area (Å²) in [4.78, 5) is 28.2. The molecule has 2 amide bonds. The number of aromatic nitrogens is 2. The summed E-state index contributed by atoms with van der Waals surface area (Å²) in [6.45, 7) is 7.42. The maximum absolute atomic E-state index is 13.3. The average Bonchev–Trinajstić information content (AvgIpc) is 3.20. The van der Waals surface area contributed by atoms with Crippen LogP contribution in [-0.4, -0.2) is 61.4 Å². The van der Waals surface area contributed by atoms with Gasteiger partial charge in [-0.05, 0) is 56.5 Å². The number of fused-ring (bicyclic) bond motifs is 1. The van der Waals surface area contributed by atoms with Crippen molar-refractivity contribution >= 4 is 40.9 Å². The molecule has 2 aliphatic heterocycles. The first-order valence-corrected chi connectivity index (χ1v) is 11.7. The fourth-order valence-corrected chi connectivity index (χ4v) is 4.79. The lowest BCUT2D eigenvalue weighted by Gasteiger charge is -2.49. The Hall–Kier alpha value is -2.97. The van der Waals surface area contributed by atoms with E-state index in [1.165, 1.54) is 4.90 Å². The van der Waals surface area contributed by atoms with Gasteiger partial charge in [-0.15, -0.1) is 0 Å². The number of carboxylic acid groups (broad SMARTS) is 1. The normalized spacial score (nSPS) is 18.2. The lowest BCUT2D eigenvalue weighted by atomic mass is 9.88. The lowest BCUT2D eigenvalue weighted by molar-refractivity contribution is -0.115. The van der Waals surface area contributed by atoms with Crippen LogP contribution in [0.5, 0.6) is 0 Å². The number of hydrogen-bond donors (Lipinski definition) is 2. The van der Waals surface area contributed by atoms with Crippen molar-refractivity contribution in [3.8, 4) is 0 Å². The number of allylic oxidation sites excluding steroid dienone is 2. The summed E-state index contributed by atoms with van der Waals surface area (Å²) in [6.07, 6.45) is 6.72.